The Morgan fingerprint density at radius 1 is 0.931 bits per heavy atom. The number of rotatable bonds is 2. The van der Waals surface area contributed by atoms with Crippen LogP contribution in [0.25, 0.3) is 0 Å². The van der Waals surface area contributed by atoms with Crippen LogP contribution in [0.5, 0.6) is 11.5 Å². The standard InChI is InChI=1S/C24H27N3O2/c28-23(17-18-7-1-2-8-18)26-13-15-27(16-14-26)24-19-9-3-5-11-21(19)29-22-12-6-4-10-20(22)25-24/h3-6,9-12,18H,1-2,7-8,13-17H2. The van der Waals surface area contributed by atoms with Crippen LogP contribution in [0.4, 0.5) is 5.69 Å². The van der Waals surface area contributed by atoms with Crippen LogP contribution in [0.15, 0.2) is 53.5 Å². The number of ether oxygens (including phenoxy) is 1. The van der Waals surface area contributed by atoms with Crippen LogP contribution in [0, 0.1) is 5.92 Å². The van der Waals surface area contributed by atoms with Gasteiger partial charge in [-0.1, -0.05) is 37.1 Å². The molecule has 2 heterocycles. The molecule has 0 bridgehead atoms. The van der Waals surface area contributed by atoms with E-state index in [2.05, 4.69) is 11.0 Å². The molecule has 29 heavy (non-hydrogen) atoms. The minimum atomic E-state index is 0.327. The summed E-state index contributed by atoms with van der Waals surface area (Å²) in [6.45, 7) is 3.11. The number of hydrogen-bond donors (Lipinski definition) is 0. The maximum atomic E-state index is 12.7. The van der Waals surface area contributed by atoms with Crippen molar-refractivity contribution in [1.82, 2.24) is 9.80 Å². The summed E-state index contributed by atoms with van der Waals surface area (Å²) in [6, 6.07) is 16.0. The Kier molecular flexibility index (Phi) is 4.96. The number of aliphatic imine (C=N–C) groups is 1. The predicted octanol–water partition coefficient (Wildman–Crippen LogP) is 4.60. The topological polar surface area (TPSA) is 45.1 Å². The molecule has 1 amide bonds. The van der Waals surface area contributed by atoms with Crippen molar-refractivity contribution < 1.29 is 9.53 Å². The van der Waals surface area contributed by atoms with Gasteiger partial charge in [-0.05, 0) is 43.0 Å². The minimum Gasteiger partial charge on any atom is -0.454 e. The highest BCUT2D eigenvalue weighted by Gasteiger charge is 2.28. The second-order valence-corrected chi connectivity index (χ2v) is 8.22. The lowest BCUT2D eigenvalue weighted by atomic mass is 10.0. The van der Waals surface area contributed by atoms with E-state index in [0.29, 0.717) is 11.8 Å². The van der Waals surface area contributed by atoms with Gasteiger partial charge >= 0.3 is 0 Å². The minimum absolute atomic E-state index is 0.327. The predicted molar refractivity (Wildman–Crippen MR) is 114 cm³/mol. The first-order valence-electron chi connectivity index (χ1n) is 10.8. The van der Waals surface area contributed by atoms with Gasteiger partial charge in [0.05, 0.1) is 5.56 Å². The fourth-order valence-electron chi connectivity index (χ4n) is 4.67. The first-order valence-corrected chi connectivity index (χ1v) is 10.8. The molecule has 5 rings (SSSR count). The molecule has 0 unspecified atom stereocenters. The van der Waals surface area contributed by atoms with Crippen LogP contribution in [-0.2, 0) is 4.79 Å². The Balaban J connectivity index is 1.34. The Morgan fingerprint density at radius 2 is 1.62 bits per heavy atom. The molecule has 150 valence electrons. The summed E-state index contributed by atoms with van der Waals surface area (Å²) < 4.78 is 6.15. The number of para-hydroxylation sites is 3. The Morgan fingerprint density at radius 3 is 2.41 bits per heavy atom. The first-order chi connectivity index (χ1) is 14.3. The lowest BCUT2D eigenvalue weighted by molar-refractivity contribution is -0.133. The Labute approximate surface area is 172 Å². The smallest absolute Gasteiger partial charge is 0.222 e. The number of piperazine rings is 1. The second kappa shape index (κ2) is 7.90. The summed E-state index contributed by atoms with van der Waals surface area (Å²) in [6.07, 6.45) is 5.74. The molecule has 0 aromatic heterocycles. The van der Waals surface area contributed by atoms with E-state index in [9.17, 15) is 4.79 Å². The lowest BCUT2D eigenvalue weighted by Gasteiger charge is -2.37. The van der Waals surface area contributed by atoms with Gasteiger partial charge in [0.2, 0.25) is 5.91 Å². The summed E-state index contributed by atoms with van der Waals surface area (Å²) in [5.74, 6) is 3.48. The average Bonchev–Trinajstić information content (AvgIpc) is 3.20. The first kappa shape index (κ1) is 18.2. The Bertz CT molecular complexity index is 925. The zero-order chi connectivity index (χ0) is 19.6. The van der Waals surface area contributed by atoms with Crippen LogP contribution in [0.2, 0.25) is 0 Å². The van der Waals surface area contributed by atoms with Gasteiger partial charge in [0, 0.05) is 32.6 Å². The van der Waals surface area contributed by atoms with Crippen molar-refractivity contribution in [2.75, 3.05) is 26.2 Å². The summed E-state index contributed by atoms with van der Waals surface area (Å²) in [7, 11) is 0. The third-order valence-electron chi connectivity index (χ3n) is 6.31. The highest BCUT2D eigenvalue weighted by molar-refractivity contribution is 6.03. The molecule has 2 aromatic carbocycles. The maximum Gasteiger partial charge on any atom is 0.222 e. The van der Waals surface area contributed by atoms with Crippen LogP contribution in [0.3, 0.4) is 0 Å². The molecule has 5 nitrogen and oxygen atoms in total. The highest BCUT2D eigenvalue weighted by atomic mass is 16.5. The molecule has 1 aliphatic carbocycles. The molecule has 2 aromatic rings. The van der Waals surface area contributed by atoms with Crippen molar-refractivity contribution in [3.05, 3.63) is 54.1 Å². The molecule has 0 N–H and O–H groups in total. The van der Waals surface area contributed by atoms with Crippen molar-refractivity contribution in [1.29, 1.82) is 0 Å². The molecule has 2 fully saturated rings. The fourth-order valence-corrected chi connectivity index (χ4v) is 4.67. The van der Waals surface area contributed by atoms with E-state index in [1.54, 1.807) is 0 Å². The molecule has 2 aliphatic heterocycles. The largest absolute Gasteiger partial charge is 0.454 e. The summed E-state index contributed by atoms with van der Waals surface area (Å²) in [4.78, 5) is 22.0. The van der Waals surface area contributed by atoms with Gasteiger partial charge in [-0.25, -0.2) is 4.99 Å². The molecule has 0 atom stereocenters. The van der Waals surface area contributed by atoms with Gasteiger partial charge in [0.1, 0.15) is 17.3 Å². The van der Waals surface area contributed by atoms with Crippen LogP contribution < -0.4 is 4.74 Å². The zero-order valence-electron chi connectivity index (χ0n) is 16.7. The number of fused-ring (bicyclic) bond motifs is 2. The number of hydrogen-bond acceptors (Lipinski definition) is 4. The summed E-state index contributed by atoms with van der Waals surface area (Å²) in [5.41, 5.74) is 1.85. The molecule has 0 radical (unpaired) electrons. The van der Waals surface area contributed by atoms with E-state index in [1.807, 2.05) is 47.4 Å². The van der Waals surface area contributed by atoms with Crippen LogP contribution >= 0.6 is 0 Å². The van der Waals surface area contributed by atoms with Gasteiger partial charge in [0.15, 0.2) is 5.75 Å². The zero-order valence-corrected chi connectivity index (χ0v) is 16.7. The molecule has 5 heteroatoms. The lowest BCUT2D eigenvalue weighted by Crippen LogP contribution is -2.51. The Hall–Kier alpha value is -2.82. The average molecular weight is 389 g/mol. The van der Waals surface area contributed by atoms with Crippen molar-refractivity contribution in [2.24, 2.45) is 10.9 Å². The van der Waals surface area contributed by atoms with Gasteiger partial charge < -0.3 is 14.5 Å². The molecule has 3 aliphatic rings. The van der Waals surface area contributed by atoms with E-state index >= 15 is 0 Å². The third-order valence-corrected chi connectivity index (χ3v) is 6.31. The summed E-state index contributed by atoms with van der Waals surface area (Å²) in [5, 5.41) is 0. The number of amides is 1. The van der Waals surface area contributed by atoms with E-state index in [-0.39, 0.29) is 0 Å². The highest BCUT2D eigenvalue weighted by Crippen LogP contribution is 2.38. The van der Waals surface area contributed by atoms with E-state index in [4.69, 9.17) is 9.73 Å². The molecule has 1 saturated heterocycles. The van der Waals surface area contributed by atoms with E-state index < -0.39 is 0 Å². The normalized spacial score (nSPS) is 19.1. The number of carbonyl (C=O) groups is 1. The van der Waals surface area contributed by atoms with Crippen molar-refractivity contribution >= 4 is 17.4 Å². The maximum absolute atomic E-state index is 12.7. The molecule has 1 saturated carbocycles. The van der Waals surface area contributed by atoms with Crippen molar-refractivity contribution in [3.8, 4) is 11.5 Å². The summed E-state index contributed by atoms with van der Waals surface area (Å²) >= 11 is 0. The number of amidine groups is 1. The second-order valence-electron chi connectivity index (χ2n) is 8.22. The fraction of sp³-hybridized carbons (Fsp3) is 0.417. The van der Waals surface area contributed by atoms with Crippen molar-refractivity contribution in [3.63, 3.8) is 0 Å². The number of benzene rings is 2. The number of carbonyl (C=O) groups excluding carboxylic acids is 1. The van der Waals surface area contributed by atoms with Crippen LogP contribution in [0.1, 0.15) is 37.7 Å². The van der Waals surface area contributed by atoms with Crippen molar-refractivity contribution in [2.45, 2.75) is 32.1 Å². The van der Waals surface area contributed by atoms with Gasteiger partial charge in [-0.2, -0.15) is 0 Å². The van der Waals surface area contributed by atoms with E-state index in [1.165, 1.54) is 25.7 Å². The molecular formula is C24H27N3O2. The monoisotopic (exact) mass is 389 g/mol. The van der Waals surface area contributed by atoms with Gasteiger partial charge in [0.25, 0.3) is 0 Å². The quantitative estimate of drug-likeness (QED) is 0.754. The SMILES string of the molecule is O=C(CC1CCCC1)N1CCN(C2=Nc3ccccc3Oc3ccccc32)CC1. The van der Waals surface area contributed by atoms with Crippen LogP contribution in [-0.4, -0.2) is 47.7 Å². The molecular weight excluding hydrogens is 362 g/mol. The van der Waals surface area contributed by atoms with Gasteiger partial charge in [-0.15, -0.1) is 0 Å². The number of nitrogens with zero attached hydrogens (tertiary/aromatic N) is 3. The van der Waals surface area contributed by atoms with Gasteiger partial charge in [-0.3, -0.25) is 4.79 Å². The third kappa shape index (κ3) is 3.74. The molecule has 0 spiro atoms. The van der Waals surface area contributed by atoms with E-state index in [0.717, 1.165) is 61.2 Å².